The molecule has 1 heterocycles. The van der Waals surface area contributed by atoms with Gasteiger partial charge in [-0.1, -0.05) is 18.2 Å². The number of methoxy groups -OCH3 is 1. The molecule has 0 fully saturated rings. The van der Waals surface area contributed by atoms with Gasteiger partial charge in [-0.25, -0.2) is 4.98 Å². The first-order chi connectivity index (χ1) is 8.33. The minimum Gasteiger partial charge on any atom is -0.497 e. The molecule has 1 aromatic heterocycles. The minimum absolute atomic E-state index is 0.727. The fraction of sp³-hybridized carbons (Fsp3) is 0.154. The minimum atomic E-state index is 0.727. The van der Waals surface area contributed by atoms with Crippen LogP contribution in [-0.2, 0) is 0 Å². The summed E-state index contributed by atoms with van der Waals surface area (Å²) in [5.74, 6) is 0.844. The first-order valence-corrected chi connectivity index (χ1v) is 6.16. The molecule has 0 amide bonds. The Kier molecular flexibility index (Phi) is 3.77. The Morgan fingerprint density at radius 2 is 2.41 bits per heavy atom. The Balaban J connectivity index is 2.20. The first-order valence-electron chi connectivity index (χ1n) is 5.28. The number of aromatic nitrogens is 1. The molecule has 2 rings (SSSR count). The van der Waals surface area contributed by atoms with E-state index in [9.17, 15) is 0 Å². The SMILES string of the molecule is C=CCNc1nc(-c2cccc(OC)c2)cs1. The van der Waals surface area contributed by atoms with Gasteiger partial charge in [0.1, 0.15) is 5.75 Å². The molecule has 1 N–H and O–H groups in total. The van der Waals surface area contributed by atoms with E-state index in [0.717, 1.165) is 28.7 Å². The van der Waals surface area contributed by atoms with Crippen molar-refractivity contribution in [1.82, 2.24) is 4.98 Å². The van der Waals surface area contributed by atoms with Crippen molar-refractivity contribution in [2.45, 2.75) is 0 Å². The molecule has 0 bridgehead atoms. The summed E-state index contributed by atoms with van der Waals surface area (Å²) in [5.41, 5.74) is 2.02. The topological polar surface area (TPSA) is 34.2 Å². The predicted molar refractivity (Wildman–Crippen MR) is 72.8 cm³/mol. The second-order valence-corrected chi connectivity index (χ2v) is 4.30. The van der Waals surface area contributed by atoms with Crippen molar-refractivity contribution in [2.24, 2.45) is 0 Å². The van der Waals surface area contributed by atoms with Crippen LogP contribution < -0.4 is 10.1 Å². The van der Waals surface area contributed by atoms with Crippen molar-refractivity contribution in [1.29, 1.82) is 0 Å². The van der Waals surface area contributed by atoms with Crippen molar-refractivity contribution in [3.63, 3.8) is 0 Å². The van der Waals surface area contributed by atoms with Crippen LogP contribution in [0.5, 0.6) is 5.75 Å². The van der Waals surface area contributed by atoms with Gasteiger partial charge in [0.05, 0.1) is 12.8 Å². The summed E-state index contributed by atoms with van der Waals surface area (Å²) in [4.78, 5) is 4.50. The van der Waals surface area contributed by atoms with Crippen molar-refractivity contribution >= 4 is 16.5 Å². The second-order valence-electron chi connectivity index (χ2n) is 3.44. The van der Waals surface area contributed by atoms with Gasteiger partial charge in [-0.15, -0.1) is 17.9 Å². The molecule has 0 saturated heterocycles. The average Bonchev–Trinajstić information content (AvgIpc) is 2.85. The highest BCUT2D eigenvalue weighted by molar-refractivity contribution is 7.14. The van der Waals surface area contributed by atoms with Gasteiger partial charge in [-0.3, -0.25) is 0 Å². The fourth-order valence-corrected chi connectivity index (χ4v) is 2.16. The Hall–Kier alpha value is -1.81. The molecule has 0 atom stereocenters. The van der Waals surface area contributed by atoms with Gasteiger partial charge in [-0.2, -0.15) is 0 Å². The number of thiazole rings is 1. The van der Waals surface area contributed by atoms with E-state index in [-0.39, 0.29) is 0 Å². The molecule has 3 nitrogen and oxygen atoms in total. The standard InChI is InChI=1S/C13H14N2OS/c1-3-7-14-13-15-12(9-17-13)10-5-4-6-11(8-10)16-2/h3-6,8-9H,1,7H2,2H3,(H,14,15). The molecular weight excluding hydrogens is 232 g/mol. The third-order valence-electron chi connectivity index (χ3n) is 2.27. The number of hydrogen-bond donors (Lipinski definition) is 1. The van der Waals surface area contributed by atoms with Crippen LogP contribution in [-0.4, -0.2) is 18.6 Å². The van der Waals surface area contributed by atoms with Gasteiger partial charge >= 0.3 is 0 Å². The first kappa shape index (κ1) is 11.7. The third-order valence-corrected chi connectivity index (χ3v) is 3.07. The monoisotopic (exact) mass is 246 g/mol. The Bertz CT molecular complexity index is 508. The molecular formula is C13H14N2OS. The van der Waals surface area contributed by atoms with Crippen LogP contribution in [0.15, 0.2) is 42.3 Å². The highest BCUT2D eigenvalue weighted by atomic mass is 32.1. The lowest BCUT2D eigenvalue weighted by atomic mass is 10.2. The van der Waals surface area contributed by atoms with Gasteiger partial charge in [0.2, 0.25) is 0 Å². The summed E-state index contributed by atoms with van der Waals surface area (Å²) < 4.78 is 5.19. The molecule has 0 unspecified atom stereocenters. The summed E-state index contributed by atoms with van der Waals surface area (Å²) in [7, 11) is 1.66. The molecule has 2 aromatic rings. The lowest BCUT2D eigenvalue weighted by molar-refractivity contribution is 0.415. The quantitative estimate of drug-likeness (QED) is 0.821. The highest BCUT2D eigenvalue weighted by Crippen LogP contribution is 2.27. The molecule has 88 valence electrons. The zero-order valence-corrected chi connectivity index (χ0v) is 10.5. The molecule has 1 aromatic carbocycles. The number of nitrogens with one attached hydrogen (secondary N) is 1. The van der Waals surface area contributed by atoms with Crippen LogP contribution >= 0.6 is 11.3 Å². The molecule has 17 heavy (non-hydrogen) atoms. The van der Waals surface area contributed by atoms with E-state index >= 15 is 0 Å². The van der Waals surface area contributed by atoms with Crippen LogP contribution in [0.3, 0.4) is 0 Å². The number of nitrogens with zero attached hydrogens (tertiary/aromatic N) is 1. The molecule has 0 aliphatic rings. The zero-order chi connectivity index (χ0) is 12.1. The summed E-state index contributed by atoms with van der Waals surface area (Å²) in [6, 6.07) is 7.89. The normalized spacial score (nSPS) is 9.94. The van der Waals surface area contributed by atoms with E-state index in [1.807, 2.05) is 35.7 Å². The number of benzene rings is 1. The Morgan fingerprint density at radius 1 is 1.53 bits per heavy atom. The Labute approximate surface area is 105 Å². The average molecular weight is 246 g/mol. The van der Waals surface area contributed by atoms with E-state index in [1.165, 1.54) is 0 Å². The number of hydrogen-bond acceptors (Lipinski definition) is 4. The maximum atomic E-state index is 5.19. The van der Waals surface area contributed by atoms with Gasteiger partial charge in [0.25, 0.3) is 0 Å². The number of rotatable bonds is 5. The summed E-state index contributed by atoms with van der Waals surface area (Å²) in [6.07, 6.45) is 1.81. The maximum absolute atomic E-state index is 5.19. The van der Waals surface area contributed by atoms with E-state index in [2.05, 4.69) is 16.9 Å². The Morgan fingerprint density at radius 3 is 3.18 bits per heavy atom. The lowest BCUT2D eigenvalue weighted by Crippen LogP contribution is -1.96. The highest BCUT2D eigenvalue weighted by Gasteiger charge is 2.04. The molecule has 0 spiro atoms. The van der Waals surface area contributed by atoms with Crippen molar-refractivity contribution in [2.75, 3.05) is 19.0 Å². The van der Waals surface area contributed by atoms with Crippen molar-refractivity contribution in [3.05, 3.63) is 42.3 Å². The van der Waals surface area contributed by atoms with E-state index in [4.69, 9.17) is 4.74 Å². The number of ether oxygens (including phenoxy) is 1. The molecule has 0 saturated carbocycles. The lowest BCUT2D eigenvalue weighted by Gasteiger charge is -2.01. The van der Waals surface area contributed by atoms with Gasteiger partial charge in [0.15, 0.2) is 5.13 Å². The fourth-order valence-electron chi connectivity index (χ4n) is 1.43. The van der Waals surface area contributed by atoms with E-state index < -0.39 is 0 Å². The van der Waals surface area contributed by atoms with Gasteiger partial charge in [-0.05, 0) is 12.1 Å². The van der Waals surface area contributed by atoms with E-state index in [0.29, 0.717) is 0 Å². The summed E-state index contributed by atoms with van der Waals surface area (Å²) >= 11 is 1.59. The zero-order valence-electron chi connectivity index (χ0n) is 9.64. The van der Waals surface area contributed by atoms with Crippen LogP contribution in [0.4, 0.5) is 5.13 Å². The third kappa shape index (κ3) is 2.85. The molecule has 4 heteroatoms. The van der Waals surface area contributed by atoms with E-state index in [1.54, 1.807) is 18.4 Å². The van der Waals surface area contributed by atoms with Gasteiger partial charge in [0, 0.05) is 17.5 Å². The van der Waals surface area contributed by atoms with Crippen LogP contribution in [0.25, 0.3) is 11.3 Å². The van der Waals surface area contributed by atoms with Crippen LogP contribution in [0.2, 0.25) is 0 Å². The predicted octanol–water partition coefficient (Wildman–Crippen LogP) is 3.42. The second kappa shape index (κ2) is 5.50. The summed E-state index contributed by atoms with van der Waals surface area (Å²) in [5, 5.41) is 6.10. The molecule has 0 aliphatic heterocycles. The van der Waals surface area contributed by atoms with Crippen molar-refractivity contribution < 1.29 is 4.74 Å². The van der Waals surface area contributed by atoms with Crippen molar-refractivity contribution in [3.8, 4) is 17.0 Å². The van der Waals surface area contributed by atoms with Gasteiger partial charge < -0.3 is 10.1 Å². The molecule has 0 radical (unpaired) electrons. The van der Waals surface area contributed by atoms with Crippen LogP contribution in [0, 0.1) is 0 Å². The largest absolute Gasteiger partial charge is 0.497 e. The maximum Gasteiger partial charge on any atom is 0.183 e. The summed E-state index contributed by atoms with van der Waals surface area (Å²) in [6.45, 7) is 4.39. The number of anilines is 1. The van der Waals surface area contributed by atoms with Crippen LogP contribution in [0.1, 0.15) is 0 Å². The molecule has 0 aliphatic carbocycles. The smallest absolute Gasteiger partial charge is 0.183 e.